The van der Waals surface area contributed by atoms with Gasteiger partial charge in [-0.2, -0.15) is 0 Å². The van der Waals surface area contributed by atoms with Gasteiger partial charge in [-0.1, -0.05) is 0 Å². The Morgan fingerprint density at radius 3 is 2.25 bits per heavy atom. The third-order valence-electron chi connectivity index (χ3n) is 4.33. The van der Waals surface area contributed by atoms with Gasteiger partial charge in [-0.15, -0.1) is 0 Å². The maximum atomic E-state index is 12.6. The Labute approximate surface area is 141 Å². The molecule has 0 unspecified atom stereocenters. The van der Waals surface area contributed by atoms with Gasteiger partial charge in [0.2, 0.25) is 0 Å². The number of Topliss-reactive ketones (excluding diaryl/α,β-unsaturated/α-hetero) is 2. The molecule has 2 rings (SSSR count). The molecule has 0 spiro atoms. The van der Waals surface area contributed by atoms with E-state index in [-0.39, 0.29) is 24.2 Å². The molecule has 0 bridgehead atoms. The third kappa shape index (κ3) is 3.84. The van der Waals surface area contributed by atoms with Crippen molar-refractivity contribution in [1.29, 1.82) is 0 Å². The SMILES string of the molecule is CCOC(=O)N1CCN(CC(=O)c2[nH]c(C)c(C(C)=O)c2C)CC1. The molecule has 0 aliphatic carbocycles. The van der Waals surface area contributed by atoms with Crippen LogP contribution in [0.3, 0.4) is 0 Å². The zero-order valence-electron chi connectivity index (χ0n) is 14.8. The molecule has 24 heavy (non-hydrogen) atoms. The molecular formula is C17H25N3O4. The number of amides is 1. The van der Waals surface area contributed by atoms with Crippen molar-refractivity contribution < 1.29 is 19.1 Å². The van der Waals surface area contributed by atoms with Crippen molar-refractivity contribution in [1.82, 2.24) is 14.8 Å². The van der Waals surface area contributed by atoms with E-state index < -0.39 is 0 Å². The number of nitrogens with one attached hydrogen (secondary N) is 1. The highest BCUT2D eigenvalue weighted by molar-refractivity contribution is 6.03. The molecule has 0 radical (unpaired) electrons. The van der Waals surface area contributed by atoms with Crippen LogP contribution in [-0.2, 0) is 4.74 Å². The van der Waals surface area contributed by atoms with E-state index in [1.807, 2.05) is 4.90 Å². The lowest BCUT2D eigenvalue weighted by Gasteiger charge is -2.33. The molecule has 1 fully saturated rings. The molecule has 1 aliphatic heterocycles. The normalized spacial score (nSPS) is 15.4. The van der Waals surface area contributed by atoms with E-state index in [1.165, 1.54) is 6.92 Å². The first kappa shape index (κ1) is 18.2. The van der Waals surface area contributed by atoms with Gasteiger partial charge in [-0.25, -0.2) is 4.79 Å². The molecule has 1 saturated heterocycles. The second-order valence-electron chi connectivity index (χ2n) is 6.07. The van der Waals surface area contributed by atoms with Crippen LogP contribution in [0, 0.1) is 13.8 Å². The summed E-state index contributed by atoms with van der Waals surface area (Å²) in [7, 11) is 0. The van der Waals surface area contributed by atoms with E-state index in [1.54, 1.807) is 25.7 Å². The van der Waals surface area contributed by atoms with Crippen LogP contribution in [0.1, 0.15) is 46.0 Å². The number of aromatic amines is 1. The number of rotatable bonds is 5. The van der Waals surface area contributed by atoms with Gasteiger partial charge in [0.1, 0.15) is 0 Å². The smallest absolute Gasteiger partial charge is 0.409 e. The average molecular weight is 335 g/mol. The van der Waals surface area contributed by atoms with Crippen LogP contribution in [0.25, 0.3) is 0 Å². The van der Waals surface area contributed by atoms with E-state index in [0.29, 0.717) is 44.0 Å². The number of carbonyl (C=O) groups is 3. The molecular weight excluding hydrogens is 310 g/mol. The second-order valence-corrected chi connectivity index (χ2v) is 6.07. The zero-order valence-corrected chi connectivity index (χ0v) is 14.8. The Hall–Kier alpha value is -2.15. The van der Waals surface area contributed by atoms with E-state index in [9.17, 15) is 14.4 Å². The quantitative estimate of drug-likeness (QED) is 0.830. The first-order chi connectivity index (χ1) is 11.3. The van der Waals surface area contributed by atoms with E-state index >= 15 is 0 Å². The summed E-state index contributed by atoms with van der Waals surface area (Å²) in [5, 5.41) is 0. The van der Waals surface area contributed by atoms with Crippen molar-refractivity contribution in [2.75, 3.05) is 39.3 Å². The number of aryl methyl sites for hydroxylation is 1. The predicted octanol–water partition coefficient (Wildman–Crippen LogP) is 1.79. The standard InChI is InChI=1S/C17H25N3O4/c1-5-24-17(23)20-8-6-19(7-9-20)10-14(22)16-11(2)15(13(4)21)12(3)18-16/h18H,5-10H2,1-4H3. The van der Waals surface area contributed by atoms with E-state index in [0.717, 1.165) is 11.3 Å². The van der Waals surface area contributed by atoms with Crippen molar-refractivity contribution in [3.63, 3.8) is 0 Å². The van der Waals surface area contributed by atoms with Crippen molar-refractivity contribution in [2.45, 2.75) is 27.7 Å². The van der Waals surface area contributed by atoms with Gasteiger partial charge < -0.3 is 14.6 Å². The fraction of sp³-hybridized carbons (Fsp3) is 0.588. The number of ketones is 2. The number of hydrogen-bond acceptors (Lipinski definition) is 5. The van der Waals surface area contributed by atoms with Gasteiger partial charge in [0.05, 0.1) is 18.8 Å². The summed E-state index contributed by atoms with van der Waals surface area (Å²) in [5.74, 6) is -0.0731. The van der Waals surface area contributed by atoms with Crippen LogP contribution in [0.5, 0.6) is 0 Å². The molecule has 2 heterocycles. The molecule has 0 aromatic carbocycles. The highest BCUT2D eigenvalue weighted by Crippen LogP contribution is 2.19. The van der Waals surface area contributed by atoms with Crippen LogP contribution in [-0.4, -0.2) is 71.8 Å². The summed E-state index contributed by atoms with van der Waals surface area (Å²) in [4.78, 5) is 42.6. The molecule has 1 aliphatic rings. The van der Waals surface area contributed by atoms with Crippen LogP contribution >= 0.6 is 0 Å². The Morgan fingerprint density at radius 1 is 1.12 bits per heavy atom. The summed E-state index contributed by atoms with van der Waals surface area (Å²) in [6.45, 7) is 9.88. The largest absolute Gasteiger partial charge is 0.450 e. The predicted molar refractivity (Wildman–Crippen MR) is 89.6 cm³/mol. The molecule has 7 nitrogen and oxygen atoms in total. The lowest BCUT2D eigenvalue weighted by molar-refractivity contribution is 0.0730. The maximum Gasteiger partial charge on any atom is 0.409 e. The number of aromatic nitrogens is 1. The molecule has 132 valence electrons. The molecule has 0 saturated carbocycles. The van der Waals surface area contributed by atoms with Gasteiger partial charge in [-0.3, -0.25) is 14.5 Å². The monoisotopic (exact) mass is 335 g/mol. The Balaban J connectivity index is 1.96. The summed E-state index contributed by atoms with van der Waals surface area (Å²) in [6, 6.07) is 0. The van der Waals surface area contributed by atoms with Crippen molar-refractivity contribution >= 4 is 17.7 Å². The fourth-order valence-electron chi connectivity index (χ4n) is 3.14. The minimum Gasteiger partial charge on any atom is -0.450 e. The minimum absolute atomic E-state index is 0.0346. The van der Waals surface area contributed by atoms with E-state index in [4.69, 9.17) is 4.74 Å². The first-order valence-electron chi connectivity index (χ1n) is 8.22. The highest BCUT2D eigenvalue weighted by atomic mass is 16.6. The van der Waals surface area contributed by atoms with Crippen molar-refractivity contribution in [2.24, 2.45) is 0 Å². The number of carbonyl (C=O) groups excluding carboxylic acids is 3. The third-order valence-corrected chi connectivity index (χ3v) is 4.33. The molecule has 1 N–H and O–H groups in total. The Kier molecular flexibility index (Phi) is 5.77. The summed E-state index contributed by atoms with van der Waals surface area (Å²) < 4.78 is 4.99. The molecule has 1 aromatic heterocycles. The number of ether oxygens (including phenoxy) is 1. The van der Waals surface area contributed by atoms with Crippen molar-refractivity contribution in [3.8, 4) is 0 Å². The highest BCUT2D eigenvalue weighted by Gasteiger charge is 2.25. The number of piperazine rings is 1. The maximum absolute atomic E-state index is 12.6. The van der Waals surface area contributed by atoms with Crippen LogP contribution < -0.4 is 0 Å². The minimum atomic E-state index is -0.301. The van der Waals surface area contributed by atoms with Gasteiger partial charge >= 0.3 is 6.09 Å². The van der Waals surface area contributed by atoms with Gasteiger partial charge in [-0.05, 0) is 33.3 Å². The lowest BCUT2D eigenvalue weighted by Crippen LogP contribution is -2.50. The number of H-pyrrole nitrogens is 1. The average Bonchev–Trinajstić information content (AvgIpc) is 2.83. The molecule has 7 heteroatoms. The summed E-state index contributed by atoms with van der Waals surface area (Å²) in [5.41, 5.74) is 2.56. The fourth-order valence-corrected chi connectivity index (χ4v) is 3.14. The molecule has 0 atom stereocenters. The molecule has 1 aromatic rings. The topological polar surface area (TPSA) is 82.7 Å². The lowest BCUT2D eigenvalue weighted by atomic mass is 10.1. The van der Waals surface area contributed by atoms with Crippen LogP contribution in [0.2, 0.25) is 0 Å². The Bertz CT molecular complexity index is 643. The second kappa shape index (κ2) is 7.61. The summed E-state index contributed by atoms with van der Waals surface area (Å²) in [6.07, 6.45) is -0.301. The zero-order chi connectivity index (χ0) is 17.9. The van der Waals surface area contributed by atoms with Crippen molar-refractivity contribution in [3.05, 3.63) is 22.5 Å². The Morgan fingerprint density at radius 2 is 1.75 bits per heavy atom. The van der Waals surface area contributed by atoms with E-state index in [2.05, 4.69) is 4.98 Å². The summed E-state index contributed by atoms with van der Waals surface area (Å²) >= 11 is 0. The van der Waals surface area contributed by atoms with Crippen LogP contribution in [0.4, 0.5) is 4.79 Å². The van der Waals surface area contributed by atoms with Gasteiger partial charge in [0, 0.05) is 37.4 Å². The van der Waals surface area contributed by atoms with Gasteiger partial charge in [0.25, 0.3) is 0 Å². The number of nitrogens with zero attached hydrogens (tertiary/aromatic N) is 2. The number of hydrogen-bond donors (Lipinski definition) is 1. The molecule has 1 amide bonds. The van der Waals surface area contributed by atoms with Crippen LogP contribution in [0.15, 0.2) is 0 Å². The van der Waals surface area contributed by atoms with Gasteiger partial charge in [0.15, 0.2) is 11.6 Å². The first-order valence-corrected chi connectivity index (χ1v) is 8.22.